The molecule has 16 heteroatoms. The van der Waals surface area contributed by atoms with E-state index in [9.17, 15) is 26.4 Å². The summed E-state index contributed by atoms with van der Waals surface area (Å²) in [7, 11) is -4.17. The summed E-state index contributed by atoms with van der Waals surface area (Å²) in [6.45, 7) is 0.994. The van der Waals surface area contributed by atoms with Crippen molar-refractivity contribution >= 4 is 45.1 Å². The number of H-pyrrole nitrogens is 1. The minimum absolute atomic E-state index is 0.0362. The molecule has 0 unspecified atom stereocenters. The van der Waals surface area contributed by atoms with Crippen molar-refractivity contribution in [2.75, 3.05) is 48.8 Å². The van der Waals surface area contributed by atoms with Crippen LogP contribution >= 0.6 is 0 Å². The quantitative estimate of drug-likeness (QED) is 0.383. The van der Waals surface area contributed by atoms with Gasteiger partial charge >= 0.3 is 21.5 Å². The minimum Gasteiger partial charge on any atom is -0.465 e. The van der Waals surface area contributed by atoms with E-state index in [0.717, 1.165) is 5.69 Å². The maximum Gasteiger partial charge on any atom is 0.511 e. The molecule has 0 radical (unpaired) electrons. The number of aromatic amines is 1. The lowest BCUT2D eigenvalue weighted by atomic mass is 10.2. The number of esters is 1. The van der Waals surface area contributed by atoms with Crippen molar-refractivity contribution < 1.29 is 31.1 Å². The number of alkyl halides is 3. The number of rotatable bonds is 7. The molecule has 0 saturated carbocycles. The van der Waals surface area contributed by atoms with E-state index >= 15 is 0 Å². The molecular formula is C21H23F3N8O4S. The summed E-state index contributed by atoms with van der Waals surface area (Å²) in [5.74, 6) is 0.594. The van der Waals surface area contributed by atoms with E-state index in [1.54, 1.807) is 41.3 Å². The molecule has 1 fully saturated rings. The van der Waals surface area contributed by atoms with Gasteiger partial charge in [0.25, 0.3) is 0 Å². The average molecular weight is 541 g/mol. The SMILES string of the molecule is COC(=O)c1ccccc1Nc1nc(Nc2cc(C)[nH]n2)cc(N2CCN(S(=O)(=O)C(F)(F)F)CC2)n1. The molecule has 0 spiro atoms. The Labute approximate surface area is 209 Å². The molecule has 0 amide bonds. The third-order valence-electron chi connectivity index (χ3n) is 5.45. The van der Waals surface area contributed by atoms with E-state index in [4.69, 9.17) is 4.74 Å². The monoisotopic (exact) mass is 540 g/mol. The zero-order valence-corrected chi connectivity index (χ0v) is 20.5. The number of hydrogen-bond donors (Lipinski definition) is 3. The number of halogens is 3. The molecule has 3 N–H and O–H groups in total. The lowest BCUT2D eigenvalue weighted by Gasteiger charge is -2.35. The van der Waals surface area contributed by atoms with Crippen LogP contribution in [0, 0.1) is 6.92 Å². The van der Waals surface area contributed by atoms with Crippen molar-refractivity contribution in [3.05, 3.63) is 47.7 Å². The van der Waals surface area contributed by atoms with Gasteiger partial charge in [0.2, 0.25) is 5.95 Å². The molecule has 37 heavy (non-hydrogen) atoms. The van der Waals surface area contributed by atoms with Crippen LogP contribution in [0.5, 0.6) is 0 Å². The first-order chi connectivity index (χ1) is 17.5. The van der Waals surface area contributed by atoms with Crippen LogP contribution in [0.1, 0.15) is 16.1 Å². The summed E-state index contributed by atoms with van der Waals surface area (Å²) in [6.07, 6.45) is 0. The fraction of sp³-hybridized carbons (Fsp3) is 0.333. The number of anilines is 5. The zero-order valence-electron chi connectivity index (χ0n) is 19.7. The molecule has 0 aliphatic carbocycles. The number of ether oxygens (including phenoxy) is 1. The van der Waals surface area contributed by atoms with E-state index in [2.05, 4.69) is 30.8 Å². The highest BCUT2D eigenvalue weighted by atomic mass is 32.2. The Morgan fingerprint density at radius 3 is 2.38 bits per heavy atom. The molecule has 1 aliphatic rings. The van der Waals surface area contributed by atoms with Crippen molar-refractivity contribution in [2.24, 2.45) is 0 Å². The Hall–Kier alpha value is -3.92. The molecular weight excluding hydrogens is 517 g/mol. The number of aryl methyl sites for hydroxylation is 1. The first-order valence-electron chi connectivity index (χ1n) is 10.9. The largest absolute Gasteiger partial charge is 0.511 e. The van der Waals surface area contributed by atoms with E-state index < -0.39 is 21.5 Å². The van der Waals surface area contributed by atoms with E-state index in [1.165, 1.54) is 7.11 Å². The predicted octanol–water partition coefficient (Wildman–Crippen LogP) is 2.75. The number of sulfonamides is 1. The van der Waals surface area contributed by atoms with Gasteiger partial charge in [-0.1, -0.05) is 12.1 Å². The van der Waals surface area contributed by atoms with Crippen LogP contribution < -0.4 is 15.5 Å². The molecule has 3 aromatic rings. The lowest BCUT2D eigenvalue weighted by Crippen LogP contribution is -2.52. The van der Waals surface area contributed by atoms with Crippen LogP contribution in [0.4, 0.5) is 42.3 Å². The fourth-order valence-corrected chi connectivity index (χ4v) is 4.57. The second kappa shape index (κ2) is 10.2. The van der Waals surface area contributed by atoms with E-state index in [0.29, 0.717) is 27.4 Å². The van der Waals surface area contributed by atoms with Crippen molar-refractivity contribution in [2.45, 2.75) is 12.4 Å². The Kier molecular flexibility index (Phi) is 7.22. The summed E-state index contributed by atoms with van der Waals surface area (Å²) in [5, 5.41) is 12.9. The number of benzene rings is 1. The van der Waals surface area contributed by atoms with Gasteiger partial charge in [-0.2, -0.15) is 32.5 Å². The Morgan fingerprint density at radius 1 is 1.05 bits per heavy atom. The summed E-state index contributed by atoms with van der Waals surface area (Å²) in [6, 6.07) is 9.86. The molecule has 1 saturated heterocycles. The van der Waals surface area contributed by atoms with Gasteiger partial charge < -0.3 is 20.3 Å². The number of methoxy groups -OCH3 is 1. The summed E-state index contributed by atoms with van der Waals surface area (Å²) >= 11 is 0. The van der Waals surface area contributed by atoms with Gasteiger partial charge in [0, 0.05) is 44.0 Å². The van der Waals surface area contributed by atoms with Crippen molar-refractivity contribution in [1.82, 2.24) is 24.5 Å². The molecule has 4 rings (SSSR count). The molecule has 3 heterocycles. The number of aromatic nitrogens is 4. The van der Waals surface area contributed by atoms with Gasteiger partial charge in [-0.15, -0.1) is 0 Å². The second-order valence-electron chi connectivity index (χ2n) is 8.00. The second-order valence-corrected chi connectivity index (χ2v) is 9.92. The van der Waals surface area contributed by atoms with Crippen LogP contribution in [-0.4, -0.2) is 77.7 Å². The fourth-order valence-electron chi connectivity index (χ4n) is 3.63. The maximum atomic E-state index is 13.0. The maximum absolute atomic E-state index is 13.0. The van der Waals surface area contributed by atoms with Gasteiger partial charge in [0.05, 0.1) is 18.4 Å². The smallest absolute Gasteiger partial charge is 0.465 e. The van der Waals surface area contributed by atoms with Gasteiger partial charge in [0.1, 0.15) is 11.6 Å². The zero-order chi connectivity index (χ0) is 26.8. The standard InChI is InChI=1S/C21H23F3N8O4S/c1-13-11-17(30-29-13)26-16-12-18(31-7-9-32(10-8-31)37(34,35)21(22,23)24)28-20(27-16)25-15-6-4-3-5-14(15)19(33)36-2/h3-6,11-12H,7-10H2,1-2H3,(H3,25,26,27,28,29,30). The van der Waals surface area contributed by atoms with Gasteiger partial charge in [-0.3, -0.25) is 5.10 Å². The van der Waals surface area contributed by atoms with E-state index in [1.807, 2.05) is 6.92 Å². The summed E-state index contributed by atoms with van der Waals surface area (Å²) in [4.78, 5) is 22.7. The molecule has 12 nitrogen and oxygen atoms in total. The number of piperazine rings is 1. The third kappa shape index (κ3) is 5.75. The summed E-state index contributed by atoms with van der Waals surface area (Å²) in [5.41, 5.74) is -3.96. The number of carbonyl (C=O) groups excluding carboxylic acids is 1. The van der Waals surface area contributed by atoms with Gasteiger partial charge in [0.15, 0.2) is 5.82 Å². The minimum atomic E-state index is -5.42. The van der Waals surface area contributed by atoms with Crippen LogP contribution in [0.15, 0.2) is 36.4 Å². The van der Waals surface area contributed by atoms with Crippen LogP contribution in [0.2, 0.25) is 0 Å². The first kappa shape index (κ1) is 26.2. The van der Waals surface area contributed by atoms with Crippen molar-refractivity contribution in [3.63, 3.8) is 0 Å². The topological polar surface area (TPSA) is 145 Å². The highest BCUT2D eigenvalue weighted by Crippen LogP contribution is 2.29. The predicted molar refractivity (Wildman–Crippen MR) is 128 cm³/mol. The molecule has 2 aromatic heterocycles. The number of hydrogen-bond acceptors (Lipinski definition) is 10. The summed E-state index contributed by atoms with van der Waals surface area (Å²) < 4.78 is 67.6. The number of nitrogens with zero attached hydrogens (tertiary/aromatic N) is 5. The highest BCUT2D eigenvalue weighted by Gasteiger charge is 2.50. The number of carbonyl (C=O) groups is 1. The Bertz CT molecular complexity index is 1390. The molecule has 1 aliphatic heterocycles. The van der Waals surface area contributed by atoms with Crippen molar-refractivity contribution in [1.29, 1.82) is 0 Å². The van der Waals surface area contributed by atoms with Crippen LogP contribution in [0.25, 0.3) is 0 Å². The molecule has 0 bridgehead atoms. The number of para-hydroxylation sites is 1. The average Bonchev–Trinajstić information content (AvgIpc) is 3.27. The molecule has 1 aromatic carbocycles. The van der Waals surface area contributed by atoms with Gasteiger partial charge in [-0.05, 0) is 19.1 Å². The number of nitrogens with one attached hydrogen (secondary N) is 3. The highest BCUT2D eigenvalue weighted by molar-refractivity contribution is 7.90. The molecule has 0 atom stereocenters. The molecule has 198 valence electrons. The Morgan fingerprint density at radius 2 is 1.76 bits per heavy atom. The lowest BCUT2D eigenvalue weighted by molar-refractivity contribution is -0.0490. The Balaban J connectivity index is 1.63. The first-order valence-corrected chi connectivity index (χ1v) is 12.4. The van der Waals surface area contributed by atoms with Crippen LogP contribution in [-0.2, 0) is 14.8 Å². The third-order valence-corrected chi connectivity index (χ3v) is 7.08. The van der Waals surface area contributed by atoms with Gasteiger partial charge in [-0.25, -0.2) is 13.2 Å². The van der Waals surface area contributed by atoms with Crippen molar-refractivity contribution in [3.8, 4) is 0 Å². The van der Waals surface area contributed by atoms with E-state index in [-0.39, 0.29) is 37.7 Å². The normalized spacial score (nSPS) is 14.9. The van der Waals surface area contributed by atoms with Crippen LogP contribution in [0.3, 0.4) is 0 Å².